The molecule has 0 saturated carbocycles. The van der Waals surface area contributed by atoms with Gasteiger partial charge in [0.1, 0.15) is 11.6 Å². The first-order valence-electron chi connectivity index (χ1n) is 7.41. The average molecular weight is 340 g/mol. The predicted molar refractivity (Wildman–Crippen MR) is 89.5 cm³/mol. The molecule has 1 aromatic carbocycles. The van der Waals surface area contributed by atoms with Crippen LogP contribution in [-0.4, -0.2) is 22.8 Å². The number of rotatable bonds is 4. The van der Waals surface area contributed by atoms with Gasteiger partial charge in [0.05, 0.1) is 18.4 Å². The molecular formula is C17H16N4O4. The molecule has 0 unspecified atom stereocenters. The molecule has 25 heavy (non-hydrogen) atoms. The van der Waals surface area contributed by atoms with Gasteiger partial charge in [-0.1, -0.05) is 0 Å². The van der Waals surface area contributed by atoms with Crippen LogP contribution in [0.1, 0.15) is 28.4 Å². The van der Waals surface area contributed by atoms with E-state index in [1.807, 2.05) is 6.07 Å². The summed E-state index contributed by atoms with van der Waals surface area (Å²) < 4.78 is 5.67. The van der Waals surface area contributed by atoms with Crippen molar-refractivity contribution in [1.29, 1.82) is 5.26 Å². The summed E-state index contributed by atoms with van der Waals surface area (Å²) >= 11 is 0. The second-order valence-corrected chi connectivity index (χ2v) is 5.07. The minimum absolute atomic E-state index is 0.0510. The number of carbonyl (C=O) groups is 1. The molecular weight excluding hydrogens is 324 g/mol. The number of pyridine rings is 1. The molecule has 0 aliphatic carbocycles. The lowest BCUT2D eigenvalue weighted by atomic mass is 10.1. The van der Waals surface area contributed by atoms with Gasteiger partial charge < -0.3 is 9.84 Å². The number of methoxy groups -OCH3 is 1. The van der Waals surface area contributed by atoms with Crippen molar-refractivity contribution in [3.63, 3.8) is 0 Å². The first kappa shape index (κ1) is 17.9. The largest absolute Gasteiger partial charge is 0.493 e. The molecule has 0 amide bonds. The third-order valence-electron chi connectivity index (χ3n) is 3.64. The standard InChI is InChI=1S/C17H16N4O4/c1-4-21-15(22)13(9-18)10(2)14(16(21)23)20-19-12-7-5-11(6-8-12)17(24)25-3/h5-8,23H,4H2,1-3H3. The Morgan fingerprint density at radius 3 is 2.48 bits per heavy atom. The van der Waals surface area contributed by atoms with Crippen molar-refractivity contribution in [2.75, 3.05) is 7.11 Å². The van der Waals surface area contributed by atoms with Crippen LogP contribution in [0.5, 0.6) is 5.88 Å². The summed E-state index contributed by atoms with van der Waals surface area (Å²) in [5, 5.41) is 27.4. The van der Waals surface area contributed by atoms with Gasteiger partial charge >= 0.3 is 5.97 Å². The summed E-state index contributed by atoms with van der Waals surface area (Å²) in [5.74, 6) is -0.815. The van der Waals surface area contributed by atoms with Gasteiger partial charge in [-0.2, -0.15) is 10.4 Å². The highest BCUT2D eigenvalue weighted by Crippen LogP contribution is 2.32. The van der Waals surface area contributed by atoms with Gasteiger partial charge in [0, 0.05) is 12.1 Å². The molecule has 0 fully saturated rings. The number of ether oxygens (including phenoxy) is 1. The summed E-state index contributed by atoms with van der Waals surface area (Å²) in [4.78, 5) is 23.5. The third kappa shape index (κ3) is 3.40. The van der Waals surface area contributed by atoms with Crippen LogP contribution >= 0.6 is 0 Å². The molecule has 2 rings (SSSR count). The van der Waals surface area contributed by atoms with Crippen molar-refractivity contribution in [2.24, 2.45) is 10.2 Å². The third-order valence-corrected chi connectivity index (χ3v) is 3.64. The summed E-state index contributed by atoms with van der Waals surface area (Å²) in [6.45, 7) is 3.38. The lowest BCUT2D eigenvalue weighted by Gasteiger charge is -2.11. The van der Waals surface area contributed by atoms with Crippen molar-refractivity contribution in [1.82, 2.24) is 4.57 Å². The molecule has 0 aliphatic heterocycles. The van der Waals surface area contributed by atoms with E-state index < -0.39 is 11.5 Å². The second kappa shape index (κ2) is 7.40. The van der Waals surface area contributed by atoms with Gasteiger partial charge in [-0.25, -0.2) is 4.79 Å². The van der Waals surface area contributed by atoms with E-state index in [0.29, 0.717) is 11.3 Å². The van der Waals surface area contributed by atoms with Gasteiger partial charge in [-0.3, -0.25) is 9.36 Å². The molecule has 1 heterocycles. The van der Waals surface area contributed by atoms with Gasteiger partial charge in [0.2, 0.25) is 5.88 Å². The zero-order valence-corrected chi connectivity index (χ0v) is 14.0. The van der Waals surface area contributed by atoms with Crippen LogP contribution in [0, 0.1) is 18.3 Å². The first-order valence-corrected chi connectivity index (χ1v) is 7.41. The van der Waals surface area contributed by atoms with Crippen LogP contribution in [-0.2, 0) is 11.3 Å². The normalized spacial score (nSPS) is 10.6. The highest BCUT2D eigenvalue weighted by Gasteiger charge is 2.18. The van der Waals surface area contributed by atoms with Crippen molar-refractivity contribution in [2.45, 2.75) is 20.4 Å². The number of azo groups is 1. The van der Waals surface area contributed by atoms with Crippen molar-refractivity contribution >= 4 is 17.3 Å². The van der Waals surface area contributed by atoms with Gasteiger partial charge in [0.25, 0.3) is 5.56 Å². The minimum atomic E-state index is -0.568. The van der Waals surface area contributed by atoms with Crippen LogP contribution in [0.25, 0.3) is 0 Å². The van der Waals surface area contributed by atoms with E-state index in [1.165, 1.54) is 26.2 Å². The van der Waals surface area contributed by atoms with Crippen LogP contribution in [0.15, 0.2) is 39.3 Å². The molecule has 2 aromatic rings. The lowest BCUT2D eigenvalue weighted by molar-refractivity contribution is 0.0601. The molecule has 8 nitrogen and oxygen atoms in total. The topological polar surface area (TPSA) is 117 Å². The summed E-state index contributed by atoms with van der Waals surface area (Å²) in [7, 11) is 1.29. The van der Waals surface area contributed by atoms with E-state index in [-0.39, 0.29) is 29.2 Å². The van der Waals surface area contributed by atoms with Crippen LogP contribution < -0.4 is 5.56 Å². The molecule has 0 spiro atoms. The summed E-state index contributed by atoms with van der Waals surface area (Å²) in [6, 6.07) is 8.01. The fourth-order valence-electron chi connectivity index (χ4n) is 2.24. The number of hydrogen-bond acceptors (Lipinski definition) is 7. The number of benzene rings is 1. The molecule has 1 N–H and O–H groups in total. The Morgan fingerprint density at radius 2 is 1.96 bits per heavy atom. The SMILES string of the molecule is CCn1c(O)c(N=Nc2ccc(C(=O)OC)cc2)c(C)c(C#N)c1=O. The van der Waals surface area contributed by atoms with Crippen LogP contribution in [0.2, 0.25) is 0 Å². The molecule has 1 aromatic heterocycles. The minimum Gasteiger partial charge on any atom is -0.493 e. The van der Waals surface area contributed by atoms with E-state index in [1.54, 1.807) is 19.1 Å². The highest BCUT2D eigenvalue weighted by atomic mass is 16.5. The lowest BCUT2D eigenvalue weighted by Crippen LogP contribution is -2.23. The highest BCUT2D eigenvalue weighted by molar-refractivity contribution is 5.89. The molecule has 128 valence electrons. The number of aromatic nitrogens is 1. The zero-order valence-electron chi connectivity index (χ0n) is 14.0. The fraction of sp³-hybridized carbons (Fsp3) is 0.235. The van der Waals surface area contributed by atoms with E-state index in [0.717, 1.165) is 4.57 Å². The Labute approximate surface area is 143 Å². The van der Waals surface area contributed by atoms with Gasteiger partial charge in [-0.15, -0.1) is 5.11 Å². The van der Waals surface area contributed by atoms with Gasteiger partial charge in [0.15, 0.2) is 5.69 Å². The Bertz CT molecular complexity index is 937. The number of nitrogens with zero attached hydrogens (tertiary/aromatic N) is 4. The molecule has 0 bridgehead atoms. The average Bonchev–Trinajstić information content (AvgIpc) is 2.62. The molecule has 0 aliphatic rings. The number of aromatic hydroxyl groups is 1. The maximum absolute atomic E-state index is 12.1. The number of carbonyl (C=O) groups excluding carboxylic acids is 1. The van der Waals surface area contributed by atoms with E-state index in [4.69, 9.17) is 5.26 Å². The quantitative estimate of drug-likeness (QED) is 0.678. The molecule has 0 radical (unpaired) electrons. The smallest absolute Gasteiger partial charge is 0.337 e. The van der Waals surface area contributed by atoms with Crippen LogP contribution in [0.3, 0.4) is 0 Å². The van der Waals surface area contributed by atoms with E-state index in [9.17, 15) is 14.7 Å². The Kier molecular flexibility index (Phi) is 5.29. The molecule has 0 atom stereocenters. The number of esters is 1. The predicted octanol–water partition coefficient (Wildman–Crippen LogP) is 2.96. The summed E-state index contributed by atoms with van der Waals surface area (Å²) in [6.07, 6.45) is 0. The maximum atomic E-state index is 12.1. The van der Waals surface area contributed by atoms with Gasteiger partial charge in [-0.05, 0) is 38.1 Å². The second-order valence-electron chi connectivity index (χ2n) is 5.07. The first-order chi connectivity index (χ1) is 11.9. The van der Waals surface area contributed by atoms with E-state index >= 15 is 0 Å². The molecule has 8 heteroatoms. The number of nitriles is 1. The maximum Gasteiger partial charge on any atom is 0.337 e. The van der Waals surface area contributed by atoms with Crippen molar-refractivity contribution < 1.29 is 14.6 Å². The Balaban J connectivity index is 2.47. The monoisotopic (exact) mass is 340 g/mol. The van der Waals surface area contributed by atoms with E-state index in [2.05, 4.69) is 15.0 Å². The summed E-state index contributed by atoms with van der Waals surface area (Å²) in [5.41, 5.74) is 0.446. The fourth-order valence-corrected chi connectivity index (χ4v) is 2.24. The number of hydrogen-bond donors (Lipinski definition) is 1. The van der Waals surface area contributed by atoms with Crippen LogP contribution in [0.4, 0.5) is 11.4 Å². The zero-order chi connectivity index (χ0) is 18.6. The molecule has 0 saturated heterocycles. The Hall–Kier alpha value is -3.47. The van der Waals surface area contributed by atoms with Crippen molar-refractivity contribution in [3.8, 4) is 11.9 Å². The van der Waals surface area contributed by atoms with Crippen molar-refractivity contribution in [3.05, 3.63) is 51.3 Å². The Morgan fingerprint density at radius 1 is 1.32 bits per heavy atom.